The predicted molar refractivity (Wildman–Crippen MR) is 92.7 cm³/mol. The van der Waals surface area contributed by atoms with E-state index >= 15 is 0 Å². The van der Waals surface area contributed by atoms with Gasteiger partial charge in [0.25, 0.3) is 0 Å². The van der Waals surface area contributed by atoms with Gasteiger partial charge in [-0.15, -0.1) is 0 Å². The minimum absolute atomic E-state index is 0.0432. The Hall–Kier alpha value is -2.05. The molecule has 1 aromatic heterocycles. The number of nitrogens with zero attached hydrogens (tertiary/aromatic N) is 4. The van der Waals surface area contributed by atoms with E-state index in [1.807, 2.05) is 30.5 Å². The van der Waals surface area contributed by atoms with Gasteiger partial charge in [0.1, 0.15) is 0 Å². The van der Waals surface area contributed by atoms with Gasteiger partial charge >= 0.3 is 6.03 Å². The molecule has 134 valence electrons. The van der Waals surface area contributed by atoms with Crippen molar-refractivity contribution in [2.24, 2.45) is 7.05 Å². The van der Waals surface area contributed by atoms with Crippen molar-refractivity contribution < 1.29 is 9.59 Å². The third-order valence-electron chi connectivity index (χ3n) is 4.85. The summed E-state index contributed by atoms with van der Waals surface area (Å²) in [4.78, 5) is 27.8. The molecule has 2 rings (SSSR count). The van der Waals surface area contributed by atoms with E-state index in [2.05, 4.69) is 17.3 Å². The van der Waals surface area contributed by atoms with Gasteiger partial charge in [0.2, 0.25) is 5.91 Å². The first-order chi connectivity index (χ1) is 11.3. The van der Waals surface area contributed by atoms with E-state index in [-0.39, 0.29) is 18.0 Å². The summed E-state index contributed by atoms with van der Waals surface area (Å²) in [7, 11) is 1.92. The molecule has 0 aliphatic carbocycles. The normalized spacial score (nSPS) is 16.7. The quantitative estimate of drug-likeness (QED) is 0.915. The summed E-state index contributed by atoms with van der Waals surface area (Å²) in [5, 5.41) is 7.60. The summed E-state index contributed by atoms with van der Waals surface area (Å²) in [6.07, 6.45) is 1.63. The minimum Gasteiger partial charge on any atom is -0.341 e. The van der Waals surface area contributed by atoms with E-state index in [1.54, 1.807) is 11.8 Å². The largest absolute Gasteiger partial charge is 0.341 e. The van der Waals surface area contributed by atoms with Crippen LogP contribution in [0.25, 0.3) is 0 Å². The topological polar surface area (TPSA) is 70.5 Å². The summed E-state index contributed by atoms with van der Waals surface area (Å²) in [5.41, 5.74) is 3.15. The number of carbonyl (C=O) groups is 2. The number of amides is 3. The third-order valence-corrected chi connectivity index (χ3v) is 4.85. The molecule has 0 saturated carbocycles. The van der Waals surface area contributed by atoms with Crippen LogP contribution in [0.2, 0.25) is 0 Å². The zero-order valence-electron chi connectivity index (χ0n) is 15.4. The lowest BCUT2D eigenvalue weighted by atomic mass is 10.0. The minimum atomic E-state index is -0.0603. The molecule has 1 fully saturated rings. The first-order valence-electron chi connectivity index (χ1n) is 8.66. The van der Waals surface area contributed by atoms with Crippen molar-refractivity contribution in [3.05, 3.63) is 17.0 Å². The Balaban J connectivity index is 2.05. The Morgan fingerprint density at radius 2 is 1.79 bits per heavy atom. The van der Waals surface area contributed by atoms with E-state index in [0.717, 1.165) is 36.3 Å². The van der Waals surface area contributed by atoms with Crippen LogP contribution in [0.5, 0.6) is 0 Å². The van der Waals surface area contributed by atoms with Crippen LogP contribution in [0.15, 0.2) is 0 Å². The Morgan fingerprint density at radius 3 is 2.33 bits per heavy atom. The number of hydrogen-bond acceptors (Lipinski definition) is 3. The van der Waals surface area contributed by atoms with Crippen LogP contribution in [0.4, 0.5) is 4.79 Å². The van der Waals surface area contributed by atoms with E-state index < -0.39 is 0 Å². The van der Waals surface area contributed by atoms with Crippen LogP contribution in [0, 0.1) is 13.8 Å². The molecular formula is C17H29N5O2. The zero-order chi connectivity index (χ0) is 17.9. The molecule has 3 amide bonds. The van der Waals surface area contributed by atoms with Crippen molar-refractivity contribution in [2.75, 3.05) is 26.2 Å². The molecule has 24 heavy (non-hydrogen) atoms. The van der Waals surface area contributed by atoms with Gasteiger partial charge in [0, 0.05) is 51.4 Å². The summed E-state index contributed by atoms with van der Waals surface area (Å²) in [6, 6.07) is -0.103. The van der Waals surface area contributed by atoms with Crippen molar-refractivity contribution in [2.45, 2.75) is 46.6 Å². The van der Waals surface area contributed by atoms with Gasteiger partial charge < -0.3 is 15.1 Å². The fourth-order valence-corrected chi connectivity index (χ4v) is 3.35. The number of aryl methyl sites for hydroxylation is 2. The Morgan fingerprint density at radius 1 is 1.17 bits per heavy atom. The lowest BCUT2D eigenvalue weighted by Crippen LogP contribution is -2.43. The SMILES string of the molecule is CCC(NC(=O)N1CCCN(C(C)=O)CC1)c1c(C)nn(C)c1C. The molecule has 0 radical (unpaired) electrons. The Kier molecular flexibility index (Phi) is 5.85. The molecule has 1 aliphatic rings. The molecule has 1 N–H and O–H groups in total. The molecule has 0 aromatic carbocycles. The van der Waals surface area contributed by atoms with Crippen molar-refractivity contribution in [1.82, 2.24) is 24.9 Å². The highest BCUT2D eigenvalue weighted by Crippen LogP contribution is 2.24. The highest BCUT2D eigenvalue weighted by atomic mass is 16.2. The number of carbonyl (C=O) groups excluding carboxylic acids is 2. The second-order valence-corrected chi connectivity index (χ2v) is 6.47. The van der Waals surface area contributed by atoms with E-state index in [4.69, 9.17) is 0 Å². The van der Waals surface area contributed by atoms with Crippen molar-refractivity contribution in [3.63, 3.8) is 0 Å². The predicted octanol–water partition coefficient (Wildman–Crippen LogP) is 1.75. The van der Waals surface area contributed by atoms with E-state index in [0.29, 0.717) is 19.6 Å². The molecule has 2 heterocycles. The average molecular weight is 335 g/mol. The molecule has 1 unspecified atom stereocenters. The van der Waals surface area contributed by atoms with Crippen LogP contribution in [-0.2, 0) is 11.8 Å². The molecule has 0 bridgehead atoms. The maximum Gasteiger partial charge on any atom is 0.317 e. The lowest BCUT2D eigenvalue weighted by Gasteiger charge is -2.25. The average Bonchev–Trinajstić information content (AvgIpc) is 2.74. The maximum atomic E-state index is 12.7. The molecule has 1 saturated heterocycles. The van der Waals surface area contributed by atoms with Crippen molar-refractivity contribution in [1.29, 1.82) is 0 Å². The van der Waals surface area contributed by atoms with Gasteiger partial charge in [-0.3, -0.25) is 9.48 Å². The second-order valence-electron chi connectivity index (χ2n) is 6.47. The smallest absolute Gasteiger partial charge is 0.317 e. The number of urea groups is 1. The Bertz CT molecular complexity index is 610. The van der Waals surface area contributed by atoms with Crippen LogP contribution in [-0.4, -0.2) is 57.7 Å². The summed E-state index contributed by atoms with van der Waals surface area (Å²) in [5.74, 6) is 0.0744. The second kappa shape index (κ2) is 7.68. The van der Waals surface area contributed by atoms with Gasteiger partial charge in [0.15, 0.2) is 0 Å². The number of rotatable bonds is 3. The van der Waals surface area contributed by atoms with Crippen LogP contribution >= 0.6 is 0 Å². The highest BCUT2D eigenvalue weighted by molar-refractivity contribution is 5.76. The summed E-state index contributed by atoms with van der Waals surface area (Å²) < 4.78 is 1.86. The van der Waals surface area contributed by atoms with Gasteiger partial charge in [-0.25, -0.2) is 4.79 Å². The van der Waals surface area contributed by atoms with Crippen LogP contribution in [0.1, 0.15) is 49.7 Å². The molecule has 7 nitrogen and oxygen atoms in total. The number of nitrogens with one attached hydrogen (secondary N) is 1. The van der Waals surface area contributed by atoms with Crippen LogP contribution in [0.3, 0.4) is 0 Å². The number of hydrogen-bond donors (Lipinski definition) is 1. The molecule has 0 spiro atoms. The van der Waals surface area contributed by atoms with Gasteiger partial charge in [-0.05, 0) is 26.7 Å². The van der Waals surface area contributed by atoms with Gasteiger partial charge in [-0.2, -0.15) is 5.10 Å². The highest BCUT2D eigenvalue weighted by Gasteiger charge is 2.25. The fraction of sp³-hybridized carbons (Fsp3) is 0.706. The molecule has 7 heteroatoms. The number of aromatic nitrogens is 2. The zero-order valence-corrected chi connectivity index (χ0v) is 15.4. The molecular weight excluding hydrogens is 306 g/mol. The van der Waals surface area contributed by atoms with Crippen molar-refractivity contribution in [3.8, 4) is 0 Å². The first kappa shape index (κ1) is 18.3. The monoisotopic (exact) mass is 335 g/mol. The van der Waals surface area contributed by atoms with E-state index in [1.165, 1.54) is 0 Å². The van der Waals surface area contributed by atoms with Gasteiger partial charge in [-0.1, -0.05) is 6.92 Å². The summed E-state index contributed by atoms with van der Waals surface area (Å²) >= 11 is 0. The fourth-order valence-electron chi connectivity index (χ4n) is 3.35. The van der Waals surface area contributed by atoms with Crippen molar-refractivity contribution >= 4 is 11.9 Å². The molecule has 1 atom stereocenters. The van der Waals surface area contributed by atoms with E-state index in [9.17, 15) is 9.59 Å². The lowest BCUT2D eigenvalue weighted by molar-refractivity contribution is -0.128. The Labute approximate surface area is 144 Å². The molecule has 1 aromatic rings. The first-order valence-corrected chi connectivity index (χ1v) is 8.66. The maximum absolute atomic E-state index is 12.7. The standard InChI is InChI=1S/C17H29N5O2/c1-6-15(16-12(2)19-20(5)13(16)3)18-17(24)22-9-7-8-21(10-11-22)14(4)23/h15H,6-11H2,1-5H3,(H,18,24). The molecule has 1 aliphatic heterocycles. The van der Waals surface area contributed by atoms with Gasteiger partial charge in [0.05, 0.1) is 11.7 Å². The summed E-state index contributed by atoms with van der Waals surface area (Å²) in [6.45, 7) is 10.2. The van der Waals surface area contributed by atoms with Crippen LogP contribution < -0.4 is 5.32 Å². The third kappa shape index (κ3) is 3.88.